The van der Waals surface area contributed by atoms with E-state index < -0.39 is 11.9 Å². The van der Waals surface area contributed by atoms with E-state index in [0.29, 0.717) is 6.54 Å². The van der Waals surface area contributed by atoms with Gasteiger partial charge in [-0.2, -0.15) is 0 Å². The van der Waals surface area contributed by atoms with E-state index in [-0.39, 0.29) is 5.91 Å². The van der Waals surface area contributed by atoms with Crippen LogP contribution in [-0.2, 0) is 9.59 Å². The lowest BCUT2D eigenvalue weighted by molar-refractivity contribution is -0.149. The Kier molecular flexibility index (Phi) is 5.45. The van der Waals surface area contributed by atoms with Crippen LogP contribution >= 0.6 is 0 Å². The van der Waals surface area contributed by atoms with Crippen LogP contribution in [0.2, 0.25) is 0 Å². The molecule has 98 valence electrons. The molecule has 17 heavy (non-hydrogen) atoms. The lowest BCUT2D eigenvalue weighted by Gasteiger charge is -2.25. The molecule has 1 amide bonds. The number of hydrogen-bond donors (Lipinski definition) is 1. The first kappa shape index (κ1) is 14.0. The van der Waals surface area contributed by atoms with Crippen molar-refractivity contribution in [2.24, 2.45) is 11.8 Å². The van der Waals surface area contributed by atoms with Crippen molar-refractivity contribution < 1.29 is 14.7 Å². The molecule has 0 aromatic rings. The Labute approximate surface area is 103 Å². The molecule has 0 aromatic heterocycles. The molecule has 1 aliphatic rings. The van der Waals surface area contributed by atoms with Crippen LogP contribution in [0, 0.1) is 11.8 Å². The highest BCUT2D eigenvalue weighted by molar-refractivity contribution is 5.96. The number of nitrogens with zero attached hydrogens (tertiary/aromatic N) is 1. The Morgan fingerprint density at radius 1 is 1.29 bits per heavy atom. The highest BCUT2D eigenvalue weighted by Crippen LogP contribution is 2.26. The third kappa shape index (κ3) is 4.36. The van der Waals surface area contributed by atoms with Gasteiger partial charge in [-0.05, 0) is 19.3 Å². The third-order valence-electron chi connectivity index (χ3n) is 3.71. The minimum atomic E-state index is -1.04. The lowest BCUT2D eigenvalue weighted by atomic mass is 9.87. The van der Waals surface area contributed by atoms with Gasteiger partial charge in [0.05, 0.1) is 0 Å². The minimum absolute atomic E-state index is 0.284. The molecule has 1 saturated carbocycles. The maximum atomic E-state index is 11.7. The molecule has 1 atom stereocenters. The van der Waals surface area contributed by atoms with Crippen LogP contribution < -0.4 is 0 Å². The van der Waals surface area contributed by atoms with Crippen LogP contribution in [0.15, 0.2) is 0 Å². The maximum Gasteiger partial charge on any atom is 0.315 e. The summed E-state index contributed by atoms with van der Waals surface area (Å²) >= 11 is 0. The second kappa shape index (κ2) is 6.62. The van der Waals surface area contributed by atoms with Crippen LogP contribution in [-0.4, -0.2) is 35.5 Å². The van der Waals surface area contributed by atoms with Crippen molar-refractivity contribution >= 4 is 11.9 Å². The molecule has 0 saturated heterocycles. The predicted molar refractivity (Wildman–Crippen MR) is 65.6 cm³/mol. The van der Waals surface area contributed by atoms with E-state index in [9.17, 15) is 9.59 Å². The summed E-state index contributed by atoms with van der Waals surface area (Å²) in [5, 5.41) is 8.77. The number of carboxylic acid groups (broad SMARTS) is 1. The Balaban J connectivity index is 2.30. The van der Waals surface area contributed by atoms with Crippen molar-refractivity contribution in [1.82, 2.24) is 4.90 Å². The Morgan fingerprint density at radius 3 is 2.41 bits per heavy atom. The van der Waals surface area contributed by atoms with Crippen molar-refractivity contribution in [2.75, 3.05) is 13.6 Å². The standard InChI is InChI=1S/C13H23NO3/c1-10(13(16)17)12(15)14(2)9-8-11-6-4-3-5-7-11/h10-11H,3-9H2,1-2H3,(H,16,17). The zero-order chi connectivity index (χ0) is 12.8. The van der Waals surface area contributed by atoms with Crippen molar-refractivity contribution in [2.45, 2.75) is 45.4 Å². The largest absolute Gasteiger partial charge is 0.481 e. The first-order chi connectivity index (χ1) is 8.02. The third-order valence-corrected chi connectivity index (χ3v) is 3.71. The van der Waals surface area contributed by atoms with Crippen molar-refractivity contribution in [1.29, 1.82) is 0 Å². The summed E-state index contributed by atoms with van der Waals surface area (Å²) in [6.45, 7) is 2.13. The summed E-state index contributed by atoms with van der Waals surface area (Å²) in [7, 11) is 1.70. The molecule has 1 unspecified atom stereocenters. The summed E-state index contributed by atoms with van der Waals surface area (Å²) in [5.41, 5.74) is 0. The van der Waals surface area contributed by atoms with Gasteiger partial charge in [-0.15, -0.1) is 0 Å². The molecule has 4 nitrogen and oxygen atoms in total. The minimum Gasteiger partial charge on any atom is -0.481 e. The van der Waals surface area contributed by atoms with E-state index in [1.54, 1.807) is 11.9 Å². The zero-order valence-corrected chi connectivity index (χ0v) is 10.8. The van der Waals surface area contributed by atoms with Crippen LogP contribution in [0.5, 0.6) is 0 Å². The number of carbonyl (C=O) groups is 2. The molecule has 0 heterocycles. The molecule has 1 fully saturated rings. The van der Waals surface area contributed by atoms with Gasteiger partial charge in [-0.25, -0.2) is 0 Å². The first-order valence-electron chi connectivity index (χ1n) is 6.50. The van der Waals surface area contributed by atoms with E-state index >= 15 is 0 Å². The van der Waals surface area contributed by atoms with E-state index in [2.05, 4.69) is 0 Å². The summed E-state index contributed by atoms with van der Waals surface area (Å²) < 4.78 is 0. The van der Waals surface area contributed by atoms with E-state index in [4.69, 9.17) is 5.11 Å². The normalized spacial score (nSPS) is 18.7. The second-order valence-corrected chi connectivity index (χ2v) is 5.11. The first-order valence-corrected chi connectivity index (χ1v) is 6.50. The molecule has 0 radical (unpaired) electrons. The highest BCUT2D eigenvalue weighted by Gasteiger charge is 2.24. The second-order valence-electron chi connectivity index (χ2n) is 5.11. The molecular weight excluding hydrogens is 218 g/mol. The van der Waals surface area contributed by atoms with E-state index in [1.165, 1.54) is 39.0 Å². The SMILES string of the molecule is CC(C(=O)O)C(=O)N(C)CCC1CCCCC1. The fourth-order valence-electron chi connectivity index (χ4n) is 2.40. The number of carbonyl (C=O) groups excluding carboxylic acids is 1. The molecule has 0 spiro atoms. The van der Waals surface area contributed by atoms with Gasteiger partial charge in [-0.3, -0.25) is 9.59 Å². The zero-order valence-electron chi connectivity index (χ0n) is 10.8. The lowest BCUT2D eigenvalue weighted by Crippen LogP contribution is -2.36. The van der Waals surface area contributed by atoms with Gasteiger partial charge in [-0.1, -0.05) is 32.1 Å². The number of rotatable bonds is 5. The average Bonchev–Trinajstić information content (AvgIpc) is 2.35. The van der Waals surface area contributed by atoms with Gasteiger partial charge in [0.1, 0.15) is 5.92 Å². The smallest absolute Gasteiger partial charge is 0.315 e. The highest BCUT2D eigenvalue weighted by atomic mass is 16.4. The Hall–Kier alpha value is -1.06. The average molecular weight is 241 g/mol. The molecule has 4 heteroatoms. The summed E-state index contributed by atoms with van der Waals surface area (Å²) in [6.07, 6.45) is 7.46. The van der Waals surface area contributed by atoms with Crippen molar-refractivity contribution in [3.05, 3.63) is 0 Å². The van der Waals surface area contributed by atoms with E-state index in [0.717, 1.165) is 12.3 Å². The van der Waals surface area contributed by atoms with Crippen LogP contribution in [0.3, 0.4) is 0 Å². The fourth-order valence-corrected chi connectivity index (χ4v) is 2.40. The molecule has 0 bridgehead atoms. The van der Waals surface area contributed by atoms with Gasteiger partial charge in [0.15, 0.2) is 0 Å². The number of amides is 1. The summed E-state index contributed by atoms with van der Waals surface area (Å²) in [6, 6.07) is 0. The van der Waals surface area contributed by atoms with Crippen molar-refractivity contribution in [3.8, 4) is 0 Å². The van der Waals surface area contributed by atoms with Crippen LogP contribution in [0.1, 0.15) is 45.4 Å². The van der Waals surface area contributed by atoms with Gasteiger partial charge in [0.25, 0.3) is 0 Å². The molecule has 1 N–H and O–H groups in total. The number of carboxylic acids is 1. The van der Waals surface area contributed by atoms with Crippen LogP contribution in [0.25, 0.3) is 0 Å². The summed E-state index contributed by atoms with van der Waals surface area (Å²) in [4.78, 5) is 24.0. The van der Waals surface area contributed by atoms with Gasteiger partial charge in [0.2, 0.25) is 5.91 Å². The maximum absolute atomic E-state index is 11.7. The van der Waals surface area contributed by atoms with Crippen LogP contribution in [0.4, 0.5) is 0 Å². The Morgan fingerprint density at radius 2 is 1.88 bits per heavy atom. The van der Waals surface area contributed by atoms with Crippen molar-refractivity contribution in [3.63, 3.8) is 0 Å². The monoisotopic (exact) mass is 241 g/mol. The number of aliphatic carboxylic acids is 1. The number of hydrogen-bond acceptors (Lipinski definition) is 2. The van der Waals surface area contributed by atoms with E-state index in [1.807, 2.05) is 0 Å². The quantitative estimate of drug-likeness (QED) is 0.750. The van der Waals surface area contributed by atoms with Gasteiger partial charge in [0, 0.05) is 13.6 Å². The summed E-state index contributed by atoms with van der Waals surface area (Å²) in [5.74, 6) is -1.53. The molecular formula is C13H23NO3. The molecule has 1 aliphatic carbocycles. The molecule has 0 aromatic carbocycles. The molecule has 1 rings (SSSR count). The Bertz CT molecular complexity index is 272. The molecule has 0 aliphatic heterocycles. The fraction of sp³-hybridized carbons (Fsp3) is 0.846. The van der Waals surface area contributed by atoms with Gasteiger partial charge < -0.3 is 10.0 Å². The predicted octanol–water partition coefficient (Wildman–Crippen LogP) is 2.14. The van der Waals surface area contributed by atoms with Gasteiger partial charge >= 0.3 is 5.97 Å². The topological polar surface area (TPSA) is 57.6 Å².